The van der Waals surface area contributed by atoms with E-state index < -0.39 is 0 Å². The lowest BCUT2D eigenvalue weighted by Gasteiger charge is -2.17. The molecule has 0 aliphatic heterocycles. The van der Waals surface area contributed by atoms with E-state index in [0.29, 0.717) is 23.9 Å². The maximum atomic E-state index is 12.0. The summed E-state index contributed by atoms with van der Waals surface area (Å²) in [5, 5.41) is 3.75. The van der Waals surface area contributed by atoms with Crippen LogP contribution >= 0.6 is 11.6 Å². The Bertz CT molecular complexity index is 413. The summed E-state index contributed by atoms with van der Waals surface area (Å²) in [6.45, 7) is 4.87. The van der Waals surface area contributed by atoms with E-state index in [9.17, 15) is 4.79 Å². The number of carbonyl (C=O) groups is 1. The summed E-state index contributed by atoms with van der Waals surface area (Å²) < 4.78 is 0. The fourth-order valence-corrected chi connectivity index (χ4v) is 2.69. The number of hydrogen-bond acceptors (Lipinski definition) is 2. The molecule has 118 valence electrons. The van der Waals surface area contributed by atoms with Crippen molar-refractivity contribution in [3.05, 3.63) is 34.9 Å². The third kappa shape index (κ3) is 6.96. The monoisotopic (exact) mass is 310 g/mol. The van der Waals surface area contributed by atoms with Gasteiger partial charge >= 0.3 is 0 Å². The average Bonchev–Trinajstić information content (AvgIpc) is 2.46. The van der Waals surface area contributed by atoms with Crippen LogP contribution in [0.15, 0.2) is 24.3 Å². The minimum absolute atomic E-state index is 0.00824. The first kappa shape index (κ1) is 18.0. The van der Waals surface area contributed by atoms with Gasteiger partial charge in [0.1, 0.15) is 0 Å². The molecule has 3 N–H and O–H groups in total. The Hall–Kier alpha value is -1.06. The Morgan fingerprint density at radius 2 is 1.90 bits per heavy atom. The van der Waals surface area contributed by atoms with Gasteiger partial charge in [0.15, 0.2) is 0 Å². The van der Waals surface area contributed by atoms with E-state index in [-0.39, 0.29) is 11.9 Å². The molecule has 1 amide bonds. The van der Waals surface area contributed by atoms with E-state index in [1.165, 1.54) is 0 Å². The van der Waals surface area contributed by atoms with Gasteiger partial charge in [-0.05, 0) is 49.9 Å². The van der Waals surface area contributed by atoms with Crippen LogP contribution in [0.1, 0.15) is 57.6 Å². The standard InChI is InChI=1S/C17H27ClN2O/c1-3-4-14(11-12-19)5-10-17(21)20-13(2)15-6-8-16(18)9-7-15/h6-9,13-14H,3-5,10-12,19H2,1-2H3,(H,20,21)/t13-,14?/m0/s1. The summed E-state index contributed by atoms with van der Waals surface area (Å²) >= 11 is 5.87. The molecule has 4 heteroatoms. The normalized spacial score (nSPS) is 13.7. The van der Waals surface area contributed by atoms with Crippen LogP contribution in [0, 0.1) is 5.92 Å². The van der Waals surface area contributed by atoms with Gasteiger partial charge in [-0.15, -0.1) is 0 Å². The predicted octanol–water partition coefficient (Wildman–Crippen LogP) is 4.06. The van der Waals surface area contributed by atoms with Crippen molar-refractivity contribution in [2.75, 3.05) is 6.54 Å². The number of nitrogens with two attached hydrogens (primary N) is 1. The zero-order valence-electron chi connectivity index (χ0n) is 13.1. The Labute approximate surface area is 133 Å². The highest BCUT2D eigenvalue weighted by Gasteiger charge is 2.13. The smallest absolute Gasteiger partial charge is 0.220 e. The molecule has 1 unspecified atom stereocenters. The lowest BCUT2D eigenvalue weighted by Crippen LogP contribution is -2.27. The number of benzene rings is 1. The molecule has 1 aromatic carbocycles. The fraction of sp³-hybridized carbons (Fsp3) is 0.588. The third-order valence-corrected chi connectivity index (χ3v) is 4.05. The molecule has 2 atom stereocenters. The molecule has 0 saturated carbocycles. The third-order valence-electron chi connectivity index (χ3n) is 3.80. The van der Waals surface area contributed by atoms with Gasteiger partial charge in [-0.1, -0.05) is 43.5 Å². The number of nitrogens with one attached hydrogen (secondary N) is 1. The molecular weight excluding hydrogens is 284 g/mol. The highest BCUT2D eigenvalue weighted by Crippen LogP contribution is 2.19. The van der Waals surface area contributed by atoms with Gasteiger partial charge in [0, 0.05) is 11.4 Å². The molecule has 0 spiro atoms. The van der Waals surface area contributed by atoms with Crippen LogP contribution < -0.4 is 11.1 Å². The lowest BCUT2D eigenvalue weighted by molar-refractivity contribution is -0.122. The van der Waals surface area contributed by atoms with E-state index >= 15 is 0 Å². The van der Waals surface area contributed by atoms with Crippen molar-refractivity contribution >= 4 is 17.5 Å². The van der Waals surface area contributed by atoms with Gasteiger partial charge in [0.2, 0.25) is 5.91 Å². The van der Waals surface area contributed by atoms with Crippen LogP contribution in [-0.2, 0) is 4.79 Å². The fourth-order valence-electron chi connectivity index (χ4n) is 2.56. The zero-order chi connectivity index (χ0) is 15.7. The van der Waals surface area contributed by atoms with E-state index in [0.717, 1.165) is 31.2 Å². The first-order chi connectivity index (χ1) is 10.1. The van der Waals surface area contributed by atoms with Gasteiger partial charge in [-0.25, -0.2) is 0 Å². The zero-order valence-corrected chi connectivity index (χ0v) is 13.8. The number of hydrogen-bond donors (Lipinski definition) is 2. The summed E-state index contributed by atoms with van der Waals surface area (Å²) in [4.78, 5) is 12.0. The van der Waals surface area contributed by atoms with Crippen molar-refractivity contribution in [3.63, 3.8) is 0 Å². The molecule has 0 heterocycles. The molecule has 3 nitrogen and oxygen atoms in total. The topological polar surface area (TPSA) is 55.1 Å². The van der Waals surface area contributed by atoms with Crippen LogP contribution in [-0.4, -0.2) is 12.5 Å². The highest BCUT2D eigenvalue weighted by atomic mass is 35.5. The van der Waals surface area contributed by atoms with Crippen molar-refractivity contribution in [2.24, 2.45) is 11.7 Å². The molecule has 0 aliphatic rings. The molecule has 1 rings (SSSR count). The van der Waals surface area contributed by atoms with Crippen molar-refractivity contribution in [3.8, 4) is 0 Å². The predicted molar refractivity (Wildman–Crippen MR) is 89.3 cm³/mol. The van der Waals surface area contributed by atoms with Crippen molar-refractivity contribution in [1.29, 1.82) is 0 Å². The quantitative estimate of drug-likeness (QED) is 0.722. The molecule has 1 aromatic rings. The van der Waals surface area contributed by atoms with Crippen LogP contribution in [0.3, 0.4) is 0 Å². The minimum atomic E-state index is 0.00824. The van der Waals surface area contributed by atoms with Crippen molar-refractivity contribution in [2.45, 2.75) is 52.0 Å². The van der Waals surface area contributed by atoms with Crippen molar-refractivity contribution in [1.82, 2.24) is 5.32 Å². The summed E-state index contributed by atoms with van der Waals surface area (Å²) in [5.41, 5.74) is 6.69. The largest absolute Gasteiger partial charge is 0.350 e. The molecule has 0 aliphatic carbocycles. The van der Waals surface area contributed by atoms with Crippen LogP contribution in [0.25, 0.3) is 0 Å². The van der Waals surface area contributed by atoms with Crippen LogP contribution in [0.4, 0.5) is 0 Å². The second kappa shape index (κ2) is 9.80. The molecule has 21 heavy (non-hydrogen) atoms. The second-order valence-electron chi connectivity index (χ2n) is 5.61. The Balaban J connectivity index is 2.40. The summed E-state index contributed by atoms with van der Waals surface area (Å²) in [6, 6.07) is 7.59. The summed E-state index contributed by atoms with van der Waals surface area (Å²) in [7, 11) is 0. The van der Waals surface area contributed by atoms with E-state index in [4.69, 9.17) is 17.3 Å². The number of rotatable bonds is 9. The number of carbonyl (C=O) groups excluding carboxylic acids is 1. The molecule has 0 fully saturated rings. The van der Waals surface area contributed by atoms with Gasteiger partial charge in [-0.2, -0.15) is 0 Å². The van der Waals surface area contributed by atoms with Crippen LogP contribution in [0.5, 0.6) is 0 Å². The molecule has 0 bridgehead atoms. The second-order valence-corrected chi connectivity index (χ2v) is 6.05. The molecule has 0 saturated heterocycles. The first-order valence-electron chi connectivity index (χ1n) is 7.81. The van der Waals surface area contributed by atoms with Crippen LogP contribution in [0.2, 0.25) is 5.02 Å². The van der Waals surface area contributed by atoms with Gasteiger partial charge < -0.3 is 11.1 Å². The molecular formula is C17H27ClN2O. The number of halogens is 1. The first-order valence-corrected chi connectivity index (χ1v) is 8.19. The summed E-state index contributed by atoms with van der Waals surface area (Å²) in [6.07, 6.45) is 4.80. The van der Waals surface area contributed by atoms with E-state index in [1.54, 1.807) is 0 Å². The van der Waals surface area contributed by atoms with Gasteiger partial charge in [-0.3, -0.25) is 4.79 Å². The lowest BCUT2D eigenvalue weighted by atomic mass is 9.94. The SMILES string of the molecule is CCCC(CCN)CCC(=O)N[C@@H](C)c1ccc(Cl)cc1. The Morgan fingerprint density at radius 1 is 1.24 bits per heavy atom. The van der Waals surface area contributed by atoms with Gasteiger partial charge in [0.25, 0.3) is 0 Å². The number of amides is 1. The van der Waals surface area contributed by atoms with E-state index in [1.807, 2.05) is 31.2 Å². The van der Waals surface area contributed by atoms with Gasteiger partial charge in [0.05, 0.1) is 6.04 Å². The maximum Gasteiger partial charge on any atom is 0.220 e. The molecule has 0 aromatic heterocycles. The Kier molecular flexibility index (Phi) is 8.40. The summed E-state index contributed by atoms with van der Waals surface area (Å²) in [5.74, 6) is 0.673. The molecule has 0 radical (unpaired) electrons. The minimum Gasteiger partial charge on any atom is -0.350 e. The maximum absolute atomic E-state index is 12.0. The Morgan fingerprint density at radius 3 is 2.48 bits per heavy atom. The highest BCUT2D eigenvalue weighted by molar-refractivity contribution is 6.30. The van der Waals surface area contributed by atoms with Crippen molar-refractivity contribution < 1.29 is 4.79 Å². The van der Waals surface area contributed by atoms with E-state index in [2.05, 4.69) is 12.2 Å². The average molecular weight is 311 g/mol.